The second-order valence-corrected chi connectivity index (χ2v) is 9.16. The molecule has 170 valence electrons. The van der Waals surface area contributed by atoms with Crippen molar-refractivity contribution in [1.29, 1.82) is 0 Å². The molecule has 0 radical (unpaired) electrons. The van der Waals surface area contributed by atoms with Gasteiger partial charge in [0.05, 0.1) is 17.2 Å². The Hall–Kier alpha value is -1.96. The van der Waals surface area contributed by atoms with Crippen LogP contribution in [0.15, 0.2) is 41.6 Å². The van der Waals surface area contributed by atoms with Gasteiger partial charge >= 0.3 is 6.18 Å². The van der Waals surface area contributed by atoms with Gasteiger partial charge in [-0.1, -0.05) is 64.6 Å². The summed E-state index contributed by atoms with van der Waals surface area (Å²) in [6.45, 7) is 0.171. The minimum absolute atomic E-state index is 0.0153. The lowest BCUT2D eigenvalue weighted by Crippen LogP contribution is -2.42. The maximum Gasteiger partial charge on any atom is 0.435 e. The van der Waals surface area contributed by atoms with Crippen LogP contribution in [-0.2, 0) is 21.8 Å². The molecule has 1 amide bonds. The fourth-order valence-corrected chi connectivity index (χ4v) is 4.60. The number of amides is 1. The maximum atomic E-state index is 14.2. The Labute approximate surface area is 197 Å². The van der Waals surface area contributed by atoms with E-state index in [4.69, 9.17) is 39.6 Å². The monoisotopic (exact) mass is 504 g/mol. The fourth-order valence-electron chi connectivity index (χ4n) is 3.77. The zero-order valence-corrected chi connectivity index (χ0v) is 18.9. The zero-order valence-electron chi connectivity index (χ0n) is 16.6. The van der Waals surface area contributed by atoms with Crippen molar-refractivity contribution in [3.63, 3.8) is 0 Å². The number of halogens is 6. The Morgan fingerprint density at radius 1 is 1.16 bits per heavy atom. The number of carbonyl (C=O) groups is 1. The molecule has 2 aromatic carbocycles. The van der Waals surface area contributed by atoms with E-state index >= 15 is 0 Å². The van der Waals surface area contributed by atoms with E-state index in [-0.39, 0.29) is 44.7 Å². The third-order valence-corrected chi connectivity index (χ3v) is 6.72. The molecule has 1 N–H and O–H groups in total. The molecule has 2 aromatic rings. The first-order valence-electron chi connectivity index (χ1n) is 9.94. The molecule has 1 atom stereocenters. The molecule has 0 bridgehead atoms. The molecule has 1 aliphatic heterocycles. The summed E-state index contributed by atoms with van der Waals surface area (Å²) in [5, 5.41) is 6.90. The summed E-state index contributed by atoms with van der Waals surface area (Å²) in [4.78, 5) is 17.1. The highest BCUT2D eigenvalue weighted by Crippen LogP contribution is 2.50. The molecule has 2 aliphatic rings. The second kappa shape index (κ2) is 8.76. The summed E-state index contributed by atoms with van der Waals surface area (Å²) in [6, 6.07) is 8.58. The molecule has 10 heteroatoms. The third-order valence-electron chi connectivity index (χ3n) is 5.83. The molecule has 4 nitrogen and oxygen atoms in total. The Morgan fingerprint density at radius 3 is 2.44 bits per heavy atom. The molecule has 1 unspecified atom stereocenters. The minimum atomic E-state index is -4.80. The molecule has 4 rings (SSSR count). The number of hydrogen-bond donors (Lipinski definition) is 1. The molecule has 0 saturated heterocycles. The number of rotatable bonds is 5. The highest BCUT2D eigenvalue weighted by molar-refractivity contribution is 6.35. The fraction of sp³-hybridized carbons (Fsp3) is 0.364. The van der Waals surface area contributed by atoms with Crippen molar-refractivity contribution in [1.82, 2.24) is 5.32 Å². The van der Waals surface area contributed by atoms with Crippen molar-refractivity contribution in [3.8, 4) is 0 Å². The normalized spacial score (nSPS) is 21.0. The number of carbonyl (C=O) groups excluding carboxylic acids is 1. The summed E-state index contributed by atoms with van der Waals surface area (Å²) in [6.07, 6.45) is -2.65. The van der Waals surface area contributed by atoms with Crippen molar-refractivity contribution in [3.05, 3.63) is 68.2 Å². The summed E-state index contributed by atoms with van der Waals surface area (Å²) < 4.78 is 42.6. The van der Waals surface area contributed by atoms with E-state index in [1.807, 2.05) is 0 Å². The number of hydrogen-bond acceptors (Lipinski definition) is 3. The summed E-state index contributed by atoms with van der Waals surface area (Å²) >= 11 is 18.4. The van der Waals surface area contributed by atoms with Gasteiger partial charge in [0.15, 0.2) is 0 Å². The average molecular weight is 506 g/mol. The zero-order chi connectivity index (χ0) is 23.1. The van der Waals surface area contributed by atoms with Crippen LogP contribution in [0.2, 0.25) is 15.1 Å². The number of oxime groups is 1. The summed E-state index contributed by atoms with van der Waals surface area (Å²) in [5.74, 6) is -0.0327. The number of alkyl halides is 3. The van der Waals surface area contributed by atoms with Gasteiger partial charge in [-0.3, -0.25) is 4.79 Å². The molecular formula is C22H18Cl3F3N2O2. The molecule has 1 heterocycles. The standard InChI is InChI=1S/C22H18Cl3F3N2O2/c23-15-7-14(8-16(24)9-15)21(22(26,27)28)10-18(30-32-21)17-6-2-5-13(19(17)25)11-29-20(31)12-3-1-4-12/h2,5-9,12H,1,3-4,10-11H2,(H,29,31). The largest absolute Gasteiger partial charge is 0.435 e. The van der Waals surface area contributed by atoms with E-state index in [0.29, 0.717) is 11.1 Å². The molecule has 1 aliphatic carbocycles. The number of benzene rings is 2. The van der Waals surface area contributed by atoms with Crippen molar-refractivity contribution < 1.29 is 22.8 Å². The van der Waals surface area contributed by atoms with Crippen LogP contribution in [0, 0.1) is 5.92 Å². The van der Waals surface area contributed by atoms with Crippen LogP contribution in [0.4, 0.5) is 13.2 Å². The molecule has 1 fully saturated rings. The Bertz CT molecular complexity index is 1070. The minimum Gasteiger partial charge on any atom is -0.374 e. The van der Waals surface area contributed by atoms with Crippen LogP contribution in [0.3, 0.4) is 0 Å². The van der Waals surface area contributed by atoms with Gasteiger partial charge in [0.1, 0.15) is 0 Å². The van der Waals surface area contributed by atoms with Crippen LogP contribution in [0.1, 0.15) is 42.4 Å². The third kappa shape index (κ3) is 4.30. The van der Waals surface area contributed by atoms with E-state index in [0.717, 1.165) is 31.4 Å². The van der Waals surface area contributed by atoms with Gasteiger partial charge < -0.3 is 10.2 Å². The first-order chi connectivity index (χ1) is 15.1. The van der Waals surface area contributed by atoms with E-state index in [1.165, 1.54) is 6.07 Å². The van der Waals surface area contributed by atoms with E-state index in [1.54, 1.807) is 18.2 Å². The van der Waals surface area contributed by atoms with Gasteiger partial charge in [0, 0.05) is 33.6 Å². The van der Waals surface area contributed by atoms with Crippen molar-refractivity contribution in [2.75, 3.05) is 0 Å². The van der Waals surface area contributed by atoms with Crippen molar-refractivity contribution in [2.45, 2.75) is 44.0 Å². The summed E-state index contributed by atoms with van der Waals surface area (Å²) in [7, 11) is 0. The van der Waals surface area contributed by atoms with Gasteiger partial charge in [0.2, 0.25) is 5.91 Å². The van der Waals surface area contributed by atoms with Gasteiger partial charge in [-0.15, -0.1) is 0 Å². The van der Waals surface area contributed by atoms with Gasteiger partial charge in [-0.2, -0.15) is 13.2 Å². The second-order valence-electron chi connectivity index (χ2n) is 7.91. The highest BCUT2D eigenvalue weighted by Gasteiger charge is 2.62. The van der Waals surface area contributed by atoms with Gasteiger partial charge in [-0.25, -0.2) is 0 Å². The Kier molecular flexibility index (Phi) is 6.36. The molecular weight excluding hydrogens is 488 g/mol. The maximum absolute atomic E-state index is 14.2. The number of nitrogens with zero attached hydrogens (tertiary/aromatic N) is 1. The van der Waals surface area contributed by atoms with Crippen LogP contribution >= 0.6 is 34.8 Å². The van der Waals surface area contributed by atoms with Gasteiger partial charge in [-0.05, 0) is 36.6 Å². The van der Waals surface area contributed by atoms with Crippen molar-refractivity contribution in [2.24, 2.45) is 11.1 Å². The van der Waals surface area contributed by atoms with E-state index in [2.05, 4.69) is 10.5 Å². The Morgan fingerprint density at radius 2 is 1.84 bits per heavy atom. The van der Waals surface area contributed by atoms with Crippen LogP contribution in [0.5, 0.6) is 0 Å². The quantitative estimate of drug-likeness (QED) is 0.495. The lowest BCUT2D eigenvalue weighted by atomic mass is 9.85. The highest BCUT2D eigenvalue weighted by atomic mass is 35.5. The van der Waals surface area contributed by atoms with E-state index < -0.39 is 18.2 Å². The molecule has 0 spiro atoms. The van der Waals surface area contributed by atoms with Crippen LogP contribution < -0.4 is 5.32 Å². The molecule has 32 heavy (non-hydrogen) atoms. The Balaban J connectivity index is 1.60. The average Bonchev–Trinajstić information content (AvgIpc) is 3.11. The van der Waals surface area contributed by atoms with E-state index in [9.17, 15) is 18.0 Å². The molecule has 0 aromatic heterocycles. The van der Waals surface area contributed by atoms with Gasteiger partial charge in [0.25, 0.3) is 5.60 Å². The van der Waals surface area contributed by atoms with Crippen molar-refractivity contribution >= 4 is 46.4 Å². The lowest BCUT2D eigenvalue weighted by molar-refractivity contribution is -0.275. The smallest absolute Gasteiger partial charge is 0.374 e. The lowest BCUT2D eigenvalue weighted by Gasteiger charge is -2.29. The topological polar surface area (TPSA) is 50.7 Å². The predicted octanol–water partition coefficient (Wildman–Crippen LogP) is 6.65. The first-order valence-corrected chi connectivity index (χ1v) is 11.1. The molecule has 1 saturated carbocycles. The van der Waals surface area contributed by atoms with Crippen LogP contribution in [0.25, 0.3) is 0 Å². The SMILES string of the molecule is O=C(NCc1cccc(C2=NOC(c3cc(Cl)cc(Cl)c3)(C(F)(F)F)C2)c1Cl)C1CCC1. The summed E-state index contributed by atoms with van der Waals surface area (Å²) in [5.41, 5.74) is -2.07. The van der Waals surface area contributed by atoms with Crippen LogP contribution in [-0.4, -0.2) is 17.8 Å². The predicted molar refractivity (Wildman–Crippen MR) is 117 cm³/mol. The first kappa shape index (κ1) is 23.2. The number of nitrogens with one attached hydrogen (secondary N) is 1.